The summed E-state index contributed by atoms with van der Waals surface area (Å²) < 4.78 is 0. The zero-order valence-electron chi connectivity index (χ0n) is 18.2. The summed E-state index contributed by atoms with van der Waals surface area (Å²) in [5.41, 5.74) is 11.2. The molecule has 0 aromatic rings. The lowest BCUT2D eigenvalue weighted by atomic mass is 9.76. The van der Waals surface area contributed by atoms with Gasteiger partial charge in [-0.25, -0.2) is 0 Å². The molecule has 3 rings (SSSR count). The predicted molar refractivity (Wildman–Crippen MR) is 115 cm³/mol. The van der Waals surface area contributed by atoms with E-state index in [9.17, 15) is 4.79 Å². The van der Waals surface area contributed by atoms with Gasteiger partial charge in [-0.3, -0.25) is 4.79 Å². The highest BCUT2D eigenvalue weighted by atomic mass is 16.1. The molecule has 0 saturated carbocycles. The van der Waals surface area contributed by atoms with E-state index < -0.39 is 0 Å². The van der Waals surface area contributed by atoms with E-state index >= 15 is 0 Å². The number of hydrogen-bond acceptors (Lipinski definition) is 1. The summed E-state index contributed by atoms with van der Waals surface area (Å²) >= 11 is 0. The van der Waals surface area contributed by atoms with Crippen LogP contribution in [-0.2, 0) is 4.79 Å². The van der Waals surface area contributed by atoms with Crippen LogP contribution < -0.4 is 0 Å². The summed E-state index contributed by atoms with van der Waals surface area (Å²) in [7, 11) is 0. The largest absolute Gasteiger partial charge is 0.289 e. The molecule has 0 N–H and O–H groups in total. The third-order valence-corrected chi connectivity index (χ3v) is 5.96. The summed E-state index contributed by atoms with van der Waals surface area (Å²) in [5.74, 6) is 0.346. The Morgan fingerprint density at radius 1 is 0.667 bits per heavy atom. The van der Waals surface area contributed by atoms with Crippen molar-refractivity contribution in [2.45, 2.75) is 92.9 Å². The van der Waals surface area contributed by atoms with Crippen LogP contribution in [0.4, 0.5) is 0 Å². The van der Waals surface area contributed by atoms with Gasteiger partial charge in [0.2, 0.25) is 0 Å². The summed E-state index contributed by atoms with van der Waals surface area (Å²) in [5, 5.41) is 0. The van der Waals surface area contributed by atoms with Crippen molar-refractivity contribution in [1.29, 1.82) is 0 Å². The Morgan fingerprint density at radius 3 is 1.59 bits per heavy atom. The molecule has 0 unspecified atom stereocenters. The van der Waals surface area contributed by atoms with Crippen LogP contribution >= 0.6 is 0 Å². The third kappa shape index (κ3) is 4.30. The molecule has 3 aliphatic rings. The van der Waals surface area contributed by atoms with Gasteiger partial charge in [0.1, 0.15) is 0 Å². The summed E-state index contributed by atoms with van der Waals surface area (Å²) in [6.45, 7) is 13.5. The maximum atomic E-state index is 13.5. The minimum absolute atomic E-state index is 0.0238. The molecule has 0 saturated heterocycles. The van der Waals surface area contributed by atoms with Crippen LogP contribution in [0.1, 0.15) is 92.9 Å². The first kappa shape index (κ1) is 20.2. The molecule has 0 aromatic heterocycles. The molecule has 1 nitrogen and oxygen atoms in total. The second-order valence-electron chi connectivity index (χ2n) is 10.5. The van der Waals surface area contributed by atoms with Gasteiger partial charge in [0.05, 0.1) is 0 Å². The Labute approximate surface area is 166 Å². The molecule has 4 bridgehead atoms. The number of allylic oxidation sites excluding steroid dienone is 7. The van der Waals surface area contributed by atoms with Gasteiger partial charge < -0.3 is 0 Å². The highest BCUT2D eigenvalue weighted by Gasteiger charge is 2.40. The molecule has 1 heteroatoms. The van der Waals surface area contributed by atoms with Gasteiger partial charge in [-0.1, -0.05) is 53.7 Å². The van der Waals surface area contributed by atoms with E-state index in [1.54, 1.807) is 0 Å². The topological polar surface area (TPSA) is 17.1 Å². The molecule has 27 heavy (non-hydrogen) atoms. The van der Waals surface area contributed by atoms with E-state index in [-0.39, 0.29) is 10.8 Å². The Hall–Kier alpha value is -1.59. The third-order valence-electron chi connectivity index (χ3n) is 5.96. The van der Waals surface area contributed by atoms with E-state index in [1.165, 1.54) is 28.7 Å². The quantitative estimate of drug-likeness (QED) is 0.409. The molecule has 0 aromatic carbocycles. The summed E-state index contributed by atoms with van der Waals surface area (Å²) in [4.78, 5) is 13.5. The standard InChI is InChI=1S/C26H36O/c1-25(2,3)22-20-13-9-7-11-18-15-16-19(17-18)12-8-10-14-21(22)24(27)23(20)26(4,5)6/h15-16H,7-14H2,1-6H3. The van der Waals surface area contributed by atoms with E-state index in [4.69, 9.17) is 0 Å². The molecule has 3 aliphatic carbocycles. The van der Waals surface area contributed by atoms with Crippen LogP contribution in [-0.4, -0.2) is 5.78 Å². The van der Waals surface area contributed by atoms with Gasteiger partial charge in [-0.15, -0.1) is 5.73 Å². The number of rotatable bonds is 0. The van der Waals surface area contributed by atoms with Crippen molar-refractivity contribution in [2.75, 3.05) is 0 Å². The average molecular weight is 365 g/mol. The fourth-order valence-corrected chi connectivity index (χ4v) is 4.91. The molecule has 0 heterocycles. The minimum Gasteiger partial charge on any atom is -0.289 e. The number of hydrogen-bond donors (Lipinski definition) is 0. The van der Waals surface area contributed by atoms with Crippen molar-refractivity contribution >= 4 is 5.78 Å². The molecule has 0 aliphatic heterocycles. The first-order valence-electron chi connectivity index (χ1n) is 10.8. The van der Waals surface area contributed by atoms with Crippen molar-refractivity contribution in [2.24, 2.45) is 10.8 Å². The highest BCUT2D eigenvalue weighted by Crippen LogP contribution is 2.49. The van der Waals surface area contributed by atoms with Crippen LogP contribution in [0.15, 0.2) is 51.3 Å². The Balaban J connectivity index is 2.00. The molecule has 146 valence electrons. The van der Waals surface area contributed by atoms with Crippen molar-refractivity contribution < 1.29 is 4.79 Å². The molecular formula is C26H36O. The van der Waals surface area contributed by atoms with E-state index in [2.05, 4.69) is 59.4 Å². The maximum Gasteiger partial charge on any atom is 0.186 e. The fraction of sp³-hybridized carbons (Fsp3) is 0.615. The molecule has 0 radical (unpaired) electrons. The second-order valence-corrected chi connectivity index (χ2v) is 10.5. The van der Waals surface area contributed by atoms with Crippen molar-refractivity contribution in [3.8, 4) is 0 Å². The van der Waals surface area contributed by atoms with Crippen LogP contribution in [0.25, 0.3) is 0 Å². The average Bonchev–Trinajstić information content (AvgIpc) is 3.09. The Kier molecular flexibility index (Phi) is 5.55. The van der Waals surface area contributed by atoms with Crippen molar-refractivity contribution in [1.82, 2.24) is 0 Å². The first-order valence-corrected chi connectivity index (χ1v) is 10.8. The van der Waals surface area contributed by atoms with Gasteiger partial charge in [0.25, 0.3) is 0 Å². The van der Waals surface area contributed by atoms with Crippen molar-refractivity contribution in [3.63, 3.8) is 0 Å². The maximum absolute atomic E-state index is 13.5. The molecule has 0 spiro atoms. The summed E-state index contributed by atoms with van der Waals surface area (Å²) in [6.07, 6.45) is 13.2. The smallest absolute Gasteiger partial charge is 0.186 e. The number of fused-ring (bicyclic) bond motifs is 1. The molecule has 0 atom stereocenters. The molecule has 0 amide bonds. The lowest BCUT2D eigenvalue weighted by Crippen LogP contribution is -2.18. The number of Topliss-reactive ketones (excluding diaryl/α,β-unsaturated/α-hetero) is 1. The van der Waals surface area contributed by atoms with Gasteiger partial charge in [-0.2, -0.15) is 0 Å². The molecular weight excluding hydrogens is 328 g/mol. The number of carbonyl (C=O) groups excluding carboxylic acids is 1. The first-order chi connectivity index (χ1) is 12.6. The lowest BCUT2D eigenvalue weighted by molar-refractivity contribution is -0.113. The lowest BCUT2D eigenvalue weighted by Gasteiger charge is -2.27. The Bertz CT molecular complexity index is 790. The van der Waals surface area contributed by atoms with Crippen LogP contribution in [0.3, 0.4) is 0 Å². The van der Waals surface area contributed by atoms with E-state index in [1.807, 2.05) is 0 Å². The zero-order chi connectivity index (χ0) is 19.8. The summed E-state index contributed by atoms with van der Waals surface area (Å²) in [6, 6.07) is 0. The number of carbonyl (C=O) groups is 1. The van der Waals surface area contributed by atoms with Gasteiger partial charge >= 0.3 is 0 Å². The zero-order valence-corrected chi connectivity index (χ0v) is 18.2. The van der Waals surface area contributed by atoms with Crippen molar-refractivity contribution in [3.05, 3.63) is 51.3 Å². The highest BCUT2D eigenvalue weighted by molar-refractivity contribution is 6.14. The Morgan fingerprint density at radius 2 is 1.11 bits per heavy atom. The van der Waals surface area contributed by atoms with Gasteiger partial charge in [0.15, 0.2) is 5.78 Å². The van der Waals surface area contributed by atoms with Crippen LogP contribution in [0, 0.1) is 10.8 Å². The van der Waals surface area contributed by atoms with Gasteiger partial charge in [-0.05, 0) is 84.5 Å². The predicted octanol–water partition coefficient (Wildman–Crippen LogP) is 7.41. The SMILES string of the molecule is CC(C)(C)C1=C2CCCCC3=C=C(C=C3)CCCCC(=C2C(C)(C)C)C1=O. The normalized spacial score (nSPS) is 22.2. The van der Waals surface area contributed by atoms with E-state index in [0.717, 1.165) is 56.1 Å². The van der Waals surface area contributed by atoms with E-state index in [0.29, 0.717) is 5.78 Å². The van der Waals surface area contributed by atoms with Gasteiger partial charge in [0, 0.05) is 11.1 Å². The minimum atomic E-state index is -0.0907. The second kappa shape index (κ2) is 7.44. The van der Waals surface area contributed by atoms with Crippen LogP contribution in [0.5, 0.6) is 0 Å². The monoisotopic (exact) mass is 364 g/mol. The fourth-order valence-electron chi connectivity index (χ4n) is 4.91. The number of ketones is 1. The van der Waals surface area contributed by atoms with Crippen LogP contribution in [0.2, 0.25) is 0 Å². The molecule has 0 fully saturated rings.